The van der Waals surface area contributed by atoms with Gasteiger partial charge in [0.05, 0.1) is 16.4 Å². The third-order valence-electron chi connectivity index (χ3n) is 4.09. The summed E-state index contributed by atoms with van der Waals surface area (Å²) in [6.07, 6.45) is 2.48. The molecular formula is C14H15N3O. The van der Waals surface area contributed by atoms with E-state index in [2.05, 4.69) is 21.4 Å². The number of benzene rings is 1. The van der Waals surface area contributed by atoms with Crippen LogP contribution in [0.25, 0.3) is 11.0 Å². The van der Waals surface area contributed by atoms with Gasteiger partial charge in [-0.3, -0.25) is 4.79 Å². The third-order valence-corrected chi connectivity index (χ3v) is 4.09. The van der Waals surface area contributed by atoms with Gasteiger partial charge in [-0.1, -0.05) is 0 Å². The van der Waals surface area contributed by atoms with E-state index in [1.165, 1.54) is 12.8 Å². The number of imidazole rings is 1. The van der Waals surface area contributed by atoms with Gasteiger partial charge in [0.2, 0.25) is 5.91 Å². The highest BCUT2D eigenvalue weighted by Crippen LogP contribution is 2.42. The molecule has 4 nitrogen and oxygen atoms in total. The number of aromatic amines is 1. The SMILES string of the molecule is CC1(C)C(=O)Nc2cc3nc(C4CC4)[nH]c3cc21. The van der Waals surface area contributed by atoms with E-state index in [0.29, 0.717) is 5.92 Å². The standard InChI is InChI=1S/C14H15N3O/c1-14(2)8-5-10-11(6-9(8)17-13(14)18)16-12(15-10)7-3-4-7/h5-7H,3-4H2,1-2H3,(H,15,16)(H,17,18). The molecule has 0 spiro atoms. The Morgan fingerprint density at radius 3 is 2.83 bits per heavy atom. The van der Waals surface area contributed by atoms with Crippen LogP contribution in [-0.4, -0.2) is 15.9 Å². The van der Waals surface area contributed by atoms with E-state index in [1.807, 2.05) is 19.9 Å². The number of carbonyl (C=O) groups excluding carboxylic acids is 1. The lowest BCUT2D eigenvalue weighted by Crippen LogP contribution is -2.26. The molecule has 1 saturated carbocycles. The number of anilines is 1. The molecule has 2 N–H and O–H groups in total. The second-order valence-corrected chi connectivity index (χ2v) is 5.89. The summed E-state index contributed by atoms with van der Waals surface area (Å²) in [5.74, 6) is 1.78. The van der Waals surface area contributed by atoms with Crippen molar-refractivity contribution >= 4 is 22.6 Å². The van der Waals surface area contributed by atoms with E-state index < -0.39 is 5.41 Å². The minimum absolute atomic E-state index is 0.0626. The van der Waals surface area contributed by atoms with Crippen LogP contribution >= 0.6 is 0 Å². The summed E-state index contributed by atoms with van der Waals surface area (Å²) < 4.78 is 0. The first-order valence-corrected chi connectivity index (χ1v) is 6.41. The number of hydrogen-bond donors (Lipinski definition) is 2. The van der Waals surface area contributed by atoms with Crippen molar-refractivity contribution in [1.29, 1.82) is 0 Å². The molecule has 1 aromatic heterocycles. The molecule has 0 unspecified atom stereocenters. The van der Waals surface area contributed by atoms with Gasteiger partial charge in [0, 0.05) is 11.6 Å². The molecule has 1 aromatic carbocycles. The third kappa shape index (κ3) is 1.20. The Bertz CT molecular complexity index is 680. The van der Waals surface area contributed by atoms with Gasteiger partial charge < -0.3 is 10.3 Å². The van der Waals surface area contributed by atoms with Gasteiger partial charge in [-0.2, -0.15) is 0 Å². The van der Waals surface area contributed by atoms with Crippen LogP contribution in [0.4, 0.5) is 5.69 Å². The Morgan fingerprint density at radius 2 is 2.11 bits per heavy atom. The zero-order valence-electron chi connectivity index (χ0n) is 10.5. The van der Waals surface area contributed by atoms with Crippen molar-refractivity contribution in [2.45, 2.75) is 38.0 Å². The molecule has 1 fully saturated rings. The Morgan fingerprint density at radius 1 is 1.33 bits per heavy atom. The van der Waals surface area contributed by atoms with Gasteiger partial charge in [-0.25, -0.2) is 4.98 Å². The Hall–Kier alpha value is -1.84. The van der Waals surface area contributed by atoms with Crippen molar-refractivity contribution in [3.05, 3.63) is 23.5 Å². The maximum Gasteiger partial charge on any atom is 0.234 e. The molecule has 0 saturated heterocycles. The zero-order valence-corrected chi connectivity index (χ0v) is 10.5. The van der Waals surface area contributed by atoms with E-state index in [9.17, 15) is 4.79 Å². The second-order valence-electron chi connectivity index (χ2n) is 5.89. The molecule has 2 heterocycles. The van der Waals surface area contributed by atoms with Crippen LogP contribution in [0.5, 0.6) is 0 Å². The molecule has 2 aliphatic rings. The smallest absolute Gasteiger partial charge is 0.234 e. The Balaban J connectivity index is 1.93. The van der Waals surface area contributed by atoms with Gasteiger partial charge in [-0.15, -0.1) is 0 Å². The summed E-state index contributed by atoms with van der Waals surface area (Å²) in [6.45, 7) is 3.91. The number of fused-ring (bicyclic) bond motifs is 2. The maximum absolute atomic E-state index is 11.9. The van der Waals surface area contributed by atoms with Gasteiger partial charge in [-0.05, 0) is 44.4 Å². The number of amides is 1. The normalized spacial score (nSPS) is 21.1. The Kier molecular flexibility index (Phi) is 1.65. The molecule has 92 valence electrons. The summed E-state index contributed by atoms with van der Waals surface area (Å²) in [6, 6.07) is 4.06. The number of carbonyl (C=O) groups is 1. The molecule has 0 radical (unpaired) electrons. The van der Waals surface area contributed by atoms with Gasteiger partial charge in [0.1, 0.15) is 5.82 Å². The van der Waals surface area contributed by atoms with Crippen molar-refractivity contribution in [2.75, 3.05) is 5.32 Å². The minimum atomic E-state index is -0.450. The first-order chi connectivity index (χ1) is 8.55. The fraction of sp³-hybridized carbons (Fsp3) is 0.429. The largest absolute Gasteiger partial charge is 0.342 e. The van der Waals surface area contributed by atoms with Crippen LogP contribution in [0, 0.1) is 0 Å². The van der Waals surface area contributed by atoms with Gasteiger partial charge in [0.15, 0.2) is 0 Å². The van der Waals surface area contributed by atoms with Crippen LogP contribution in [0.3, 0.4) is 0 Å². The lowest BCUT2D eigenvalue weighted by molar-refractivity contribution is -0.119. The highest BCUT2D eigenvalue weighted by Gasteiger charge is 2.39. The summed E-state index contributed by atoms with van der Waals surface area (Å²) in [4.78, 5) is 19.9. The molecule has 4 heteroatoms. The molecule has 1 amide bonds. The van der Waals surface area contributed by atoms with Crippen LogP contribution in [0.15, 0.2) is 12.1 Å². The van der Waals surface area contributed by atoms with Crippen LogP contribution in [-0.2, 0) is 10.2 Å². The first-order valence-electron chi connectivity index (χ1n) is 6.41. The number of aromatic nitrogens is 2. The lowest BCUT2D eigenvalue weighted by Gasteiger charge is -2.14. The van der Waals surface area contributed by atoms with Crippen molar-refractivity contribution in [3.63, 3.8) is 0 Å². The van der Waals surface area contributed by atoms with Crippen molar-refractivity contribution < 1.29 is 4.79 Å². The Labute approximate surface area is 105 Å². The van der Waals surface area contributed by atoms with Crippen molar-refractivity contribution in [3.8, 4) is 0 Å². The number of rotatable bonds is 1. The van der Waals surface area contributed by atoms with Gasteiger partial charge in [0.25, 0.3) is 0 Å². The first kappa shape index (κ1) is 10.1. The fourth-order valence-corrected chi connectivity index (χ4v) is 2.65. The molecule has 1 aliphatic heterocycles. The highest BCUT2D eigenvalue weighted by atomic mass is 16.2. The molecular weight excluding hydrogens is 226 g/mol. The number of hydrogen-bond acceptors (Lipinski definition) is 2. The van der Waals surface area contributed by atoms with Crippen molar-refractivity contribution in [2.24, 2.45) is 0 Å². The monoisotopic (exact) mass is 241 g/mol. The predicted octanol–water partition coefficient (Wildman–Crippen LogP) is 2.67. The second kappa shape index (κ2) is 2.94. The van der Waals surface area contributed by atoms with E-state index in [0.717, 1.165) is 28.1 Å². The van der Waals surface area contributed by atoms with Crippen LogP contribution in [0.2, 0.25) is 0 Å². The van der Waals surface area contributed by atoms with Crippen LogP contribution < -0.4 is 5.32 Å². The molecule has 1 aliphatic carbocycles. The van der Waals surface area contributed by atoms with E-state index >= 15 is 0 Å². The fourth-order valence-electron chi connectivity index (χ4n) is 2.65. The topological polar surface area (TPSA) is 57.8 Å². The lowest BCUT2D eigenvalue weighted by atomic mass is 9.86. The van der Waals surface area contributed by atoms with E-state index in [-0.39, 0.29) is 5.91 Å². The molecule has 4 rings (SSSR count). The summed E-state index contributed by atoms with van der Waals surface area (Å²) in [7, 11) is 0. The van der Waals surface area contributed by atoms with E-state index in [4.69, 9.17) is 0 Å². The summed E-state index contributed by atoms with van der Waals surface area (Å²) in [5.41, 5.74) is 3.51. The average molecular weight is 241 g/mol. The van der Waals surface area contributed by atoms with E-state index in [1.54, 1.807) is 0 Å². The predicted molar refractivity (Wildman–Crippen MR) is 69.7 cm³/mol. The summed E-state index contributed by atoms with van der Waals surface area (Å²) in [5, 5.41) is 2.94. The minimum Gasteiger partial charge on any atom is -0.342 e. The highest BCUT2D eigenvalue weighted by molar-refractivity contribution is 6.07. The van der Waals surface area contributed by atoms with Crippen molar-refractivity contribution in [1.82, 2.24) is 9.97 Å². The molecule has 0 atom stereocenters. The quantitative estimate of drug-likeness (QED) is 0.806. The number of nitrogens with zero attached hydrogens (tertiary/aromatic N) is 1. The number of H-pyrrole nitrogens is 1. The molecule has 0 bridgehead atoms. The molecule has 2 aromatic rings. The average Bonchev–Trinajstić information content (AvgIpc) is 3.04. The zero-order chi connectivity index (χ0) is 12.5. The van der Waals surface area contributed by atoms with Gasteiger partial charge >= 0.3 is 0 Å². The molecule has 18 heavy (non-hydrogen) atoms. The number of nitrogens with one attached hydrogen (secondary N) is 2. The summed E-state index contributed by atoms with van der Waals surface area (Å²) >= 11 is 0. The van der Waals surface area contributed by atoms with Crippen LogP contribution in [0.1, 0.15) is 44.0 Å². The maximum atomic E-state index is 11.9.